The molecule has 1 rings (SSSR count). The van der Waals surface area contributed by atoms with Crippen LogP contribution in [0.2, 0.25) is 0 Å². The van der Waals surface area contributed by atoms with Crippen molar-refractivity contribution in [1.29, 1.82) is 0 Å². The van der Waals surface area contributed by atoms with Gasteiger partial charge in [-0.3, -0.25) is 4.79 Å². The number of rotatable bonds is 7. The van der Waals surface area contributed by atoms with Gasteiger partial charge in [0, 0.05) is 6.04 Å². The maximum Gasteiger partial charge on any atom is 0.307 e. The maximum atomic E-state index is 11.5. The Bertz CT molecular complexity index is 442. The molecule has 21 heavy (non-hydrogen) atoms. The minimum Gasteiger partial charge on any atom is -0.493 e. The Morgan fingerprint density at radius 1 is 1.14 bits per heavy atom. The van der Waals surface area contributed by atoms with Gasteiger partial charge in [-0.05, 0) is 24.6 Å². The van der Waals surface area contributed by atoms with Gasteiger partial charge in [0.15, 0.2) is 11.5 Å². The van der Waals surface area contributed by atoms with E-state index in [4.69, 9.17) is 24.7 Å². The van der Waals surface area contributed by atoms with Gasteiger partial charge in [0.2, 0.25) is 5.75 Å². The third-order valence-electron chi connectivity index (χ3n) is 2.81. The molecule has 0 heterocycles. The molecular weight excluding hydrogens is 298 g/mol. The summed E-state index contributed by atoms with van der Waals surface area (Å²) in [5.41, 5.74) is 6.73. The summed E-state index contributed by atoms with van der Waals surface area (Å²) in [4.78, 5) is 11.5. The van der Waals surface area contributed by atoms with E-state index < -0.39 is 6.04 Å². The lowest BCUT2D eigenvalue weighted by Crippen LogP contribution is -2.17. The third-order valence-corrected chi connectivity index (χ3v) is 2.81. The fourth-order valence-corrected chi connectivity index (χ4v) is 1.83. The molecule has 120 valence electrons. The first kappa shape index (κ1) is 19.3. The summed E-state index contributed by atoms with van der Waals surface area (Å²) in [6.45, 7) is 2.09. The molecule has 0 aliphatic heterocycles. The van der Waals surface area contributed by atoms with E-state index in [0.29, 0.717) is 29.4 Å². The molecule has 0 fully saturated rings. The lowest BCUT2D eigenvalue weighted by Gasteiger charge is -2.17. The number of esters is 1. The monoisotopic (exact) mass is 319 g/mol. The van der Waals surface area contributed by atoms with Crippen molar-refractivity contribution >= 4 is 18.4 Å². The van der Waals surface area contributed by atoms with Crippen LogP contribution in [0.4, 0.5) is 0 Å². The molecule has 0 bridgehead atoms. The molecule has 1 aromatic rings. The zero-order valence-electron chi connectivity index (χ0n) is 12.7. The average Bonchev–Trinajstić information content (AvgIpc) is 2.45. The van der Waals surface area contributed by atoms with Gasteiger partial charge < -0.3 is 24.7 Å². The smallest absolute Gasteiger partial charge is 0.307 e. The summed E-state index contributed by atoms with van der Waals surface area (Å²) in [5.74, 6) is 1.15. The van der Waals surface area contributed by atoms with Crippen LogP contribution in [-0.2, 0) is 9.53 Å². The van der Waals surface area contributed by atoms with Gasteiger partial charge in [-0.15, -0.1) is 12.4 Å². The summed E-state index contributed by atoms with van der Waals surface area (Å²) in [7, 11) is 4.58. The molecule has 1 aromatic carbocycles. The van der Waals surface area contributed by atoms with Crippen LogP contribution in [-0.4, -0.2) is 33.9 Å². The Labute approximate surface area is 130 Å². The van der Waals surface area contributed by atoms with E-state index in [9.17, 15) is 4.79 Å². The van der Waals surface area contributed by atoms with Gasteiger partial charge in [0.05, 0.1) is 34.4 Å². The quantitative estimate of drug-likeness (QED) is 0.775. The molecule has 6 nitrogen and oxygen atoms in total. The van der Waals surface area contributed by atoms with E-state index in [-0.39, 0.29) is 24.8 Å². The van der Waals surface area contributed by atoms with Crippen molar-refractivity contribution in [2.24, 2.45) is 5.73 Å². The van der Waals surface area contributed by atoms with Crippen molar-refractivity contribution in [2.75, 3.05) is 27.9 Å². The fraction of sp³-hybridized carbons (Fsp3) is 0.500. The molecule has 0 spiro atoms. The summed E-state index contributed by atoms with van der Waals surface area (Å²) in [6, 6.07) is 2.96. The van der Waals surface area contributed by atoms with Crippen LogP contribution in [0.1, 0.15) is 24.9 Å². The highest BCUT2D eigenvalue weighted by Gasteiger charge is 2.18. The highest BCUT2D eigenvalue weighted by Crippen LogP contribution is 2.39. The molecule has 0 saturated carbocycles. The van der Waals surface area contributed by atoms with Crippen LogP contribution in [0.25, 0.3) is 0 Å². The van der Waals surface area contributed by atoms with Gasteiger partial charge in [0.1, 0.15) is 0 Å². The number of nitrogens with two attached hydrogens (primary N) is 1. The van der Waals surface area contributed by atoms with Crippen molar-refractivity contribution in [3.8, 4) is 17.2 Å². The summed E-state index contributed by atoms with van der Waals surface area (Å²) < 4.78 is 20.6. The fourth-order valence-electron chi connectivity index (χ4n) is 1.83. The minimum absolute atomic E-state index is 0. The van der Waals surface area contributed by atoms with Crippen LogP contribution in [0.15, 0.2) is 12.1 Å². The molecule has 0 saturated heterocycles. The van der Waals surface area contributed by atoms with Crippen molar-refractivity contribution in [3.63, 3.8) is 0 Å². The van der Waals surface area contributed by atoms with E-state index in [0.717, 1.165) is 0 Å². The van der Waals surface area contributed by atoms with E-state index >= 15 is 0 Å². The van der Waals surface area contributed by atoms with Crippen LogP contribution >= 0.6 is 12.4 Å². The Morgan fingerprint density at radius 3 is 2.05 bits per heavy atom. The molecule has 0 aromatic heterocycles. The van der Waals surface area contributed by atoms with E-state index in [1.54, 1.807) is 19.1 Å². The van der Waals surface area contributed by atoms with E-state index in [1.807, 2.05) is 0 Å². The van der Waals surface area contributed by atoms with Crippen LogP contribution < -0.4 is 19.9 Å². The van der Waals surface area contributed by atoms with E-state index in [1.165, 1.54) is 21.3 Å². The zero-order valence-corrected chi connectivity index (χ0v) is 13.5. The Balaban J connectivity index is 0.00000400. The van der Waals surface area contributed by atoms with Gasteiger partial charge >= 0.3 is 5.97 Å². The van der Waals surface area contributed by atoms with Gasteiger partial charge in [-0.1, -0.05) is 0 Å². The first-order valence-electron chi connectivity index (χ1n) is 6.28. The number of hydrogen-bond donors (Lipinski definition) is 1. The topological polar surface area (TPSA) is 80.0 Å². The van der Waals surface area contributed by atoms with Crippen molar-refractivity contribution in [2.45, 2.75) is 19.4 Å². The third kappa shape index (κ3) is 4.99. The predicted molar refractivity (Wildman–Crippen MR) is 81.5 cm³/mol. The van der Waals surface area contributed by atoms with Crippen molar-refractivity contribution < 1.29 is 23.7 Å². The normalized spacial score (nSPS) is 11.1. The number of methoxy groups -OCH3 is 3. The second-order valence-electron chi connectivity index (χ2n) is 4.07. The van der Waals surface area contributed by atoms with E-state index in [2.05, 4.69) is 0 Å². The van der Waals surface area contributed by atoms with Crippen LogP contribution in [0, 0.1) is 0 Å². The van der Waals surface area contributed by atoms with Gasteiger partial charge in [-0.25, -0.2) is 0 Å². The number of benzene rings is 1. The largest absolute Gasteiger partial charge is 0.493 e. The Hall–Kier alpha value is -1.66. The summed E-state index contributed by atoms with van der Waals surface area (Å²) in [6.07, 6.45) is 0.0898. The van der Waals surface area contributed by atoms with Crippen molar-refractivity contribution in [1.82, 2.24) is 0 Å². The number of hydrogen-bond acceptors (Lipinski definition) is 6. The lowest BCUT2D eigenvalue weighted by molar-refractivity contribution is -0.143. The number of carbonyl (C=O) groups is 1. The molecule has 2 N–H and O–H groups in total. The number of ether oxygens (including phenoxy) is 4. The maximum absolute atomic E-state index is 11.5. The number of carbonyl (C=O) groups excluding carboxylic acids is 1. The Kier molecular flexibility index (Phi) is 8.57. The molecule has 1 atom stereocenters. The second-order valence-corrected chi connectivity index (χ2v) is 4.07. The highest BCUT2D eigenvalue weighted by atomic mass is 35.5. The molecule has 0 radical (unpaired) electrons. The molecule has 0 aliphatic rings. The standard InChI is InChI=1S/C14H21NO5.ClH/c1-5-20-13(16)8-10(15)9-6-11(17-2)14(19-4)12(7-9)18-3;/h6-7,10H,5,8,15H2,1-4H3;1H/t10-;/m0./s1. The lowest BCUT2D eigenvalue weighted by atomic mass is 10.0. The Morgan fingerprint density at radius 2 is 1.67 bits per heavy atom. The molecule has 0 unspecified atom stereocenters. The first-order chi connectivity index (χ1) is 9.57. The predicted octanol–water partition coefficient (Wildman–Crippen LogP) is 2.09. The molecular formula is C14H22ClNO5. The molecule has 0 amide bonds. The summed E-state index contributed by atoms with van der Waals surface area (Å²) in [5, 5.41) is 0. The number of halogens is 1. The van der Waals surface area contributed by atoms with Crippen LogP contribution in [0.5, 0.6) is 17.2 Å². The van der Waals surface area contributed by atoms with Crippen molar-refractivity contribution in [3.05, 3.63) is 17.7 Å². The SMILES string of the molecule is CCOC(=O)C[C@H](N)c1cc(OC)c(OC)c(OC)c1.Cl. The molecule has 7 heteroatoms. The van der Waals surface area contributed by atoms with Gasteiger partial charge in [-0.2, -0.15) is 0 Å². The summed E-state index contributed by atoms with van der Waals surface area (Å²) >= 11 is 0. The minimum atomic E-state index is -0.497. The van der Waals surface area contributed by atoms with Gasteiger partial charge in [0.25, 0.3) is 0 Å². The highest BCUT2D eigenvalue weighted by molar-refractivity contribution is 5.85. The van der Waals surface area contributed by atoms with Crippen LogP contribution in [0.3, 0.4) is 0 Å². The first-order valence-corrected chi connectivity index (χ1v) is 6.28. The zero-order chi connectivity index (χ0) is 15.1. The average molecular weight is 320 g/mol. The second kappa shape index (κ2) is 9.31. The molecule has 0 aliphatic carbocycles.